The lowest BCUT2D eigenvalue weighted by atomic mass is 9.91. The average Bonchev–Trinajstić information content (AvgIpc) is 2.60. The van der Waals surface area contributed by atoms with Crippen LogP contribution in [0.25, 0.3) is 0 Å². The largest absolute Gasteiger partial charge is 0.393 e. The normalized spacial score (nSPS) is 14.3. The maximum atomic E-state index is 12.9. The van der Waals surface area contributed by atoms with Crippen molar-refractivity contribution >= 4 is 11.7 Å². The van der Waals surface area contributed by atoms with E-state index in [1.807, 2.05) is 60.7 Å². The number of benzene rings is 2. The van der Waals surface area contributed by atoms with Crippen molar-refractivity contribution in [3.05, 3.63) is 71.8 Å². The fourth-order valence-corrected chi connectivity index (χ4v) is 3.09. The van der Waals surface area contributed by atoms with E-state index < -0.39 is 11.8 Å². The first-order chi connectivity index (χ1) is 12.3. The van der Waals surface area contributed by atoms with Crippen molar-refractivity contribution in [1.82, 2.24) is 4.90 Å². The number of aliphatic hydroxyl groups excluding tert-OH is 1. The van der Waals surface area contributed by atoms with Crippen molar-refractivity contribution in [2.75, 3.05) is 0 Å². The molecule has 0 aliphatic heterocycles. The summed E-state index contributed by atoms with van der Waals surface area (Å²) in [4.78, 5) is 26.0. The van der Waals surface area contributed by atoms with Gasteiger partial charge in [-0.05, 0) is 25.0 Å². The van der Waals surface area contributed by atoms with Crippen LogP contribution in [0.15, 0.2) is 60.7 Å². The molecule has 138 valence electrons. The molecule has 0 heterocycles. The predicted octanol–water partition coefficient (Wildman–Crippen LogP) is 2.58. The van der Waals surface area contributed by atoms with Gasteiger partial charge in [-0.2, -0.15) is 0 Å². The highest BCUT2D eigenvalue weighted by Crippen LogP contribution is 2.30. The highest BCUT2D eigenvalue weighted by Gasteiger charge is 2.39. The van der Waals surface area contributed by atoms with Gasteiger partial charge in [0.2, 0.25) is 5.91 Å². The summed E-state index contributed by atoms with van der Waals surface area (Å²) in [6, 6.07) is 18.7. The lowest BCUT2D eigenvalue weighted by Crippen LogP contribution is -2.57. The van der Waals surface area contributed by atoms with Crippen molar-refractivity contribution in [1.29, 1.82) is 0 Å². The third kappa shape index (κ3) is 5.00. The van der Waals surface area contributed by atoms with Crippen molar-refractivity contribution in [3.63, 3.8) is 0 Å². The summed E-state index contributed by atoms with van der Waals surface area (Å²) in [5, 5.41) is 10.0. The molecule has 0 spiro atoms. The molecular weight excluding hydrogens is 328 g/mol. The van der Waals surface area contributed by atoms with E-state index in [0.717, 1.165) is 5.56 Å². The second-order valence-electron chi connectivity index (χ2n) is 6.69. The highest BCUT2D eigenvalue weighted by atomic mass is 16.3. The van der Waals surface area contributed by atoms with E-state index in [-0.39, 0.29) is 31.1 Å². The molecule has 3 N–H and O–H groups in total. The fourth-order valence-electron chi connectivity index (χ4n) is 3.09. The molecule has 0 fully saturated rings. The number of rotatable bonds is 8. The van der Waals surface area contributed by atoms with E-state index in [1.54, 1.807) is 6.92 Å². The molecule has 1 amide bonds. The number of nitrogens with two attached hydrogens (primary N) is 1. The van der Waals surface area contributed by atoms with Gasteiger partial charge in [-0.3, -0.25) is 9.59 Å². The van der Waals surface area contributed by atoms with Crippen molar-refractivity contribution < 1.29 is 14.7 Å². The Balaban J connectivity index is 2.49. The summed E-state index contributed by atoms with van der Waals surface area (Å²) >= 11 is 0. The van der Waals surface area contributed by atoms with E-state index in [4.69, 9.17) is 5.73 Å². The van der Waals surface area contributed by atoms with E-state index in [2.05, 4.69) is 0 Å². The first-order valence-corrected chi connectivity index (χ1v) is 8.69. The van der Waals surface area contributed by atoms with Crippen LogP contribution in [0, 0.1) is 0 Å². The monoisotopic (exact) mass is 354 g/mol. The van der Waals surface area contributed by atoms with Crippen molar-refractivity contribution in [2.24, 2.45) is 5.73 Å². The zero-order chi connectivity index (χ0) is 19.2. The number of carbonyl (C=O) groups excluding carboxylic acids is 2. The van der Waals surface area contributed by atoms with Gasteiger partial charge >= 0.3 is 0 Å². The van der Waals surface area contributed by atoms with Gasteiger partial charge in [-0.1, -0.05) is 60.7 Å². The van der Waals surface area contributed by atoms with Crippen LogP contribution >= 0.6 is 0 Å². The molecule has 0 aromatic heterocycles. The Morgan fingerprint density at radius 3 is 2.12 bits per heavy atom. The molecule has 0 saturated heterocycles. The topological polar surface area (TPSA) is 83.6 Å². The van der Waals surface area contributed by atoms with Crippen LogP contribution in [0.4, 0.5) is 0 Å². The molecule has 2 aromatic rings. The zero-order valence-corrected chi connectivity index (χ0v) is 15.3. The molecule has 2 unspecified atom stereocenters. The number of nitrogens with zero attached hydrogens (tertiary/aromatic N) is 1. The van der Waals surface area contributed by atoms with Crippen molar-refractivity contribution in [2.45, 2.75) is 45.0 Å². The molecule has 5 nitrogen and oxygen atoms in total. The van der Waals surface area contributed by atoms with Crippen molar-refractivity contribution in [3.8, 4) is 0 Å². The summed E-state index contributed by atoms with van der Waals surface area (Å²) in [5.41, 5.74) is 7.12. The van der Waals surface area contributed by atoms with Gasteiger partial charge < -0.3 is 15.7 Å². The molecule has 0 aliphatic rings. The van der Waals surface area contributed by atoms with Gasteiger partial charge in [-0.25, -0.2) is 0 Å². The maximum Gasteiger partial charge on any atom is 0.232 e. The summed E-state index contributed by atoms with van der Waals surface area (Å²) in [6.45, 7) is 3.28. The van der Waals surface area contributed by atoms with Gasteiger partial charge in [-0.15, -0.1) is 0 Å². The molecule has 26 heavy (non-hydrogen) atoms. The third-order valence-electron chi connectivity index (χ3n) is 4.25. The minimum atomic E-state index is -1.22. The number of ketones is 1. The van der Waals surface area contributed by atoms with E-state index in [9.17, 15) is 14.7 Å². The molecule has 0 aliphatic carbocycles. The molecule has 0 radical (unpaired) electrons. The van der Waals surface area contributed by atoms with E-state index >= 15 is 0 Å². The van der Waals surface area contributed by atoms with Crippen LogP contribution < -0.4 is 5.73 Å². The van der Waals surface area contributed by atoms with Crippen LogP contribution in [0.3, 0.4) is 0 Å². The maximum absolute atomic E-state index is 12.9. The Bertz CT molecular complexity index is 731. The second-order valence-corrected chi connectivity index (χ2v) is 6.69. The third-order valence-corrected chi connectivity index (χ3v) is 4.25. The predicted molar refractivity (Wildman–Crippen MR) is 101 cm³/mol. The van der Waals surface area contributed by atoms with Crippen LogP contribution in [-0.4, -0.2) is 27.8 Å². The van der Waals surface area contributed by atoms with Gasteiger partial charge in [0.25, 0.3) is 0 Å². The van der Waals surface area contributed by atoms with Crippen LogP contribution in [0.1, 0.15) is 37.8 Å². The van der Waals surface area contributed by atoms with Crippen LogP contribution in [0.2, 0.25) is 0 Å². The Morgan fingerprint density at radius 2 is 1.62 bits per heavy atom. The Kier molecular flexibility index (Phi) is 6.66. The summed E-state index contributed by atoms with van der Waals surface area (Å²) in [5.74, 6) is -0.575. The summed E-state index contributed by atoms with van der Waals surface area (Å²) in [7, 11) is 0. The van der Waals surface area contributed by atoms with E-state index in [1.165, 1.54) is 11.8 Å². The van der Waals surface area contributed by atoms with Crippen LogP contribution in [-0.2, 0) is 21.8 Å². The SMILES string of the molecule is CC(=O)CC(=O)N(Cc1ccccc1)C(N)(CC(C)O)c1ccccc1. The number of aliphatic hydroxyl groups is 1. The molecular formula is C21H26N2O3. The van der Waals surface area contributed by atoms with Gasteiger partial charge in [0, 0.05) is 13.0 Å². The molecule has 0 bridgehead atoms. The second kappa shape index (κ2) is 8.74. The summed E-state index contributed by atoms with van der Waals surface area (Å²) < 4.78 is 0. The number of Topliss-reactive ketones (excluding diaryl/α,β-unsaturated/α-hetero) is 1. The number of hydrogen-bond acceptors (Lipinski definition) is 4. The molecule has 5 heteroatoms. The minimum absolute atomic E-state index is 0.160. The Hall–Kier alpha value is -2.50. The highest BCUT2D eigenvalue weighted by molar-refractivity contribution is 5.97. The first kappa shape index (κ1) is 19.8. The fraction of sp³-hybridized carbons (Fsp3) is 0.333. The number of carbonyl (C=O) groups is 2. The Morgan fingerprint density at radius 1 is 1.08 bits per heavy atom. The van der Waals surface area contributed by atoms with Gasteiger partial charge in [0.15, 0.2) is 0 Å². The number of amides is 1. The minimum Gasteiger partial charge on any atom is -0.393 e. The smallest absolute Gasteiger partial charge is 0.232 e. The standard InChI is InChI=1S/C21H26N2O3/c1-16(24)13-20(26)23(15-18-9-5-3-6-10-18)21(22,14-17(2)25)19-11-7-4-8-12-19/h3-12,17,25H,13-15,22H2,1-2H3. The summed E-state index contributed by atoms with van der Waals surface area (Å²) in [6.07, 6.45) is -0.782. The first-order valence-electron chi connectivity index (χ1n) is 8.69. The molecule has 2 atom stereocenters. The quantitative estimate of drug-likeness (QED) is 0.564. The number of hydrogen-bond donors (Lipinski definition) is 2. The lowest BCUT2D eigenvalue weighted by molar-refractivity contribution is -0.142. The zero-order valence-electron chi connectivity index (χ0n) is 15.3. The van der Waals surface area contributed by atoms with Crippen LogP contribution in [0.5, 0.6) is 0 Å². The average molecular weight is 354 g/mol. The molecule has 2 aromatic carbocycles. The lowest BCUT2D eigenvalue weighted by Gasteiger charge is -2.42. The van der Waals surface area contributed by atoms with Gasteiger partial charge in [0.1, 0.15) is 11.4 Å². The van der Waals surface area contributed by atoms with E-state index in [0.29, 0.717) is 5.56 Å². The van der Waals surface area contributed by atoms with Gasteiger partial charge in [0.05, 0.1) is 12.5 Å². The molecule has 2 rings (SSSR count). The molecule has 0 saturated carbocycles. The Labute approximate surface area is 154 Å².